The van der Waals surface area contributed by atoms with Gasteiger partial charge in [-0.15, -0.1) is 0 Å². The highest BCUT2D eigenvalue weighted by molar-refractivity contribution is 5.89. The molecule has 1 aromatic rings. The van der Waals surface area contributed by atoms with Gasteiger partial charge in [-0.3, -0.25) is 0 Å². The van der Waals surface area contributed by atoms with Crippen molar-refractivity contribution in [3.63, 3.8) is 0 Å². The number of fused-ring (bicyclic) bond motifs is 1. The molecule has 2 aliphatic rings. The van der Waals surface area contributed by atoms with E-state index >= 15 is 0 Å². The fraction of sp³-hybridized carbons (Fsp3) is 0.684. The molecule has 0 aliphatic heterocycles. The van der Waals surface area contributed by atoms with Crippen LogP contribution in [0.15, 0.2) is 18.3 Å². The zero-order chi connectivity index (χ0) is 17.5. The van der Waals surface area contributed by atoms with Crippen LogP contribution in [-0.4, -0.2) is 37.4 Å². The summed E-state index contributed by atoms with van der Waals surface area (Å²) in [5, 5.41) is 5.99. The molecule has 138 valence electrons. The summed E-state index contributed by atoms with van der Waals surface area (Å²) >= 11 is 0. The number of hydrogen-bond donors (Lipinski definition) is 2. The molecule has 3 rings (SSSR count). The third-order valence-corrected chi connectivity index (χ3v) is 5.41. The Balaban J connectivity index is 1.43. The van der Waals surface area contributed by atoms with Crippen molar-refractivity contribution in [3.05, 3.63) is 18.3 Å². The molecule has 25 heavy (non-hydrogen) atoms. The Labute approximate surface area is 149 Å². The molecule has 6 nitrogen and oxygen atoms in total. The average molecular weight is 347 g/mol. The first-order valence-electron chi connectivity index (χ1n) is 9.40. The smallest absolute Gasteiger partial charge is 0.319 e. The number of rotatable bonds is 6. The highest BCUT2D eigenvalue weighted by Gasteiger charge is 2.32. The second kappa shape index (κ2) is 9.04. The maximum atomic E-state index is 12.2. The third-order valence-electron chi connectivity index (χ3n) is 5.41. The SMILES string of the molecule is COCCOc1ccc(NC(=O)N[C@@H]2CC[C@H]3CCCC[C@H]3C2)cn1. The number of pyridine rings is 1. The van der Waals surface area contributed by atoms with Gasteiger partial charge in [-0.1, -0.05) is 25.7 Å². The van der Waals surface area contributed by atoms with Crippen LogP contribution in [0, 0.1) is 11.8 Å². The number of aromatic nitrogens is 1. The normalized spacial score (nSPS) is 25.7. The van der Waals surface area contributed by atoms with Gasteiger partial charge < -0.3 is 20.1 Å². The van der Waals surface area contributed by atoms with Crippen molar-refractivity contribution < 1.29 is 14.3 Å². The second-order valence-electron chi connectivity index (χ2n) is 7.14. The number of amides is 2. The fourth-order valence-corrected chi connectivity index (χ4v) is 4.13. The fourth-order valence-electron chi connectivity index (χ4n) is 4.13. The number of ether oxygens (including phenoxy) is 2. The lowest BCUT2D eigenvalue weighted by Gasteiger charge is -2.39. The van der Waals surface area contributed by atoms with Gasteiger partial charge in [0.25, 0.3) is 0 Å². The number of nitrogens with one attached hydrogen (secondary N) is 2. The lowest BCUT2D eigenvalue weighted by molar-refractivity contribution is 0.144. The third kappa shape index (κ3) is 5.33. The molecule has 1 heterocycles. The van der Waals surface area contributed by atoms with Crippen LogP contribution in [0.1, 0.15) is 44.9 Å². The standard InChI is InChI=1S/C19H29N3O3/c1-24-10-11-25-18-9-8-17(13-20-18)22-19(23)21-16-7-6-14-4-2-3-5-15(14)12-16/h8-9,13-16H,2-7,10-12H2,1H3,(H2,21,22,23)/t14-,15+,16-/m1/s1. The molecule has 0 spiro atoms. The van der Waals surface area contributed by atoms with Crippen molar-refractivity contribution in [2.45, 2.75) is 51.0 Å². The van der Waals surface area contributed by atoms with Crippen LogP contribution in [0.5, 0.6) is 5.88 Å². The van der Waals surface area contributed by atoms with Crippen LogP contribution in [-0.2, 0) is 4.74 Å². The molecule has 0 unspecified atom stereocenters. The van der Waals surface area contributed by atoms with Crippen LogP contribution < -0.4 is 15.4 Å². The van der Waals surface area contributed by atoms with Crippen LogP contribution >= 0.6 is 0 Å². The lowest BCUT2D eigenvalue weighted by Crippen LogP contribution is -2.43. The van der Waals surface area contributed by atoms with Crippen molar-refractivity contribution in [1.29, 1.82) is 0 Å². The maximum Gasteiger partial charge on any atom is 0.319 e. The molecule has 2 fully saturated rings. The van der Waals surface area contributed by atoms with Crippen LogP contribution in [0.3, 0.4) is 0 Å². The molecular formula is C19H29N3O3. The molecule has 0 radical (unpaired) electrons. The topological polar surface area (TPSA) is 72.5 Å². The number of methoxy groups -OCH3 is 1. The summed E-state index contributed by atoms with van der Waals surface area (Å²) in [6.45, 7) is 0.980. The number of urea groups is 1. The Morgan fingerprint density at radius 2 is 2.00 bits per heavy atom. The first-order valence-corrected chi connectivity index (χ1v) is 9.40. The van der Waals surface area contributed by atoms with E-state index in [-0.39, 0.29) is 6.03 Å². The largest absolute Gasteiger partial charge is 0.475 e. The number of carbonyl (C=O) groups is 1. The quantitative estimate of drug-likeness (QED) is 0.772. The predicted molar refractivity (Wildman–Crippen MR) is 96.8 cm³/mol. The van der Waals surface area contributed by atoms with Gasteiger partial charge in [0.15, 0.2) is 0 Å². The summed E-state index contributed by atoms with van der Waals surface area (Å²) in [5.74, 6) is 2.22. The Hall–Kier alpha value is -1.82. The highest BCUT2D eigenvalue weighted by Crippen LogP contribution is 2.40. The van der Waals surface area contributed by atoms with Crippen LogP contribution in [0.25, 0.3) is 0 Å². The highest BCUT2D eigenvalue weighted by atomic mass is 16.5. The van der Waals surface area contributed by atoms with Crippen molar-refractivity contribution in [2.24, 2.45) is 11.8 Å². The van der Waals surface area contributed by atoms with Gasteiger partial charge in [-0.05, 0) is 37.2 Å². The van der Waals surface area contributed by atoms with E-state index in [1.54, 1.807) is 25.4 Å². The number of hydrogen-bond acceptors (Lipinski definition) is 4. The summed E-state index contributed by atoms with van der Waals surface area (Å²) in [6, 6.07) is 3.70. The summed E-state index contributed by atoms with van der Waals surface area (Å²) in [6.07, 6.45) is 10.5. The first kappa shape index (κ1) is 18.0. The maximum absolute atomic E-state index is 12.2. The van der Waals surface area contributed by atoms with Crippen molar-refractivity contribution in [1.82, 2.24) is 10.3 Å². The van der Waals surface area contributed by atoms with Gasteiger partial charge in [0.05, 0.1) is 18.5 Å². The number of anilines is 1. The molecule has 2 saturated carbocycles. The van der Waals surface area contributed by atoms with E-state index in [2.05, 4.69) is 15.6 Å². The van der Waals surface area contributed by atoms with Gasteiger partial charge in [0, 0.05) is 19.2 Å². The van der Waals surface area contributed by atoms with Crippen molar-refractivity contribution in [2.75, 3.05) is 25.6 Å². The number of nitrogens with zero attached hydrogens (tertiary/aromatic N) is 1. The van der Waals surface area contributed by atoms with Crippen LogP contribution in [0.4, 0.5) is 10.5 Å². The predicted octanol–water partition coefficient (Wildman–Crippen LogP) is 3.59. The van der Waals surface area contributed by atoms with E-state index in [0.717, 1.165) is 24.7 Å². The molecule has 2 N–H and O–H groups in total. The van der Waals surface area contributed by atoms with E-state index in [0.29, 0.717) is 30.8 Å². The van der Waals surface area contributed by atoms with E-state index in [9.17, 15) is 4.79 Å². The van der Waals surface area contributed by atoms with Gasteiger partial charge in [-0.25, -0.2) is 9.78 Å². The Morgan fingerprint density at radius 3 is 2.76 bits per heavy atom. The average Bonchev–Trinajstić information content (AvgIpc) is 2.63. The summed E-state index contributed by atoms with van der Waals surface area (Å²) < 4.78 is 10.3. The molecule has 2 aliphatic carbocycles. The van der Waals surface area contributed by atoms with E-state index in [1.807, 2.05) is 0 Å². The van der Waals surface area contributed by atoms with Gasteiger partial charge in [0.1, 0.15) is 6.61 Å². The molecular weight excluding hydrogens is 318 g/mol. The van der Waals surface area contributed by atoms with Gasteiger partial charge in [-0.2, -0.15) is 0 Å². The zero-order valence-electron chi connectivity index (χ0n) is 15.0. The zero-order valence-corrected chi connectivity index (χ0v) is 15.0. The Bertz CT molecular complexity index is 549. The van der Waals surface area contributed by atoms with Gasteiger partial charge in [0.2, 0.25) is 5.88 Å². The minimum absolute atomic E-state index is 0.144. The molecule has 0 aromatic carbocycles. The number of carbonyl (C=O) groups excluding carboxylic acids is 1. The summed E-state index contributed by atoms with van der Waals surface area (Å²) in [4.78, 5) is 16.4. The van der Waals surface area contributed by atoms with E-state index in [1.165, 1.54) is 32.1 Å². The minimum atomic E-state index is -0.144. The Kier molecular flexibility index (Phi) is 6.50. The molecule has 0 saturated heterocycles. The Morgan fingerprint density at radius 1 is 1.16 bits per heavy atom. The van der Waals surface area contributed by atoms with E-state index < -0.39 is 0 Å². The lowest BCUT2D eigenvalue weighted by atomic mass is 9.69. The first-order chi connectivity index (χ1) is 12.2. The monoisotopic (exact) mass is 347 g/mol. The molecule has 6 heteroatoms. The molecule has 0 bridgehead atoms. The van der Waals surface area contributed by atoms with Gasteiger partial charge >= 0.3 is 6.03 Å². The molecule has 2 amide bonds. The summed E-state index contributed by atoms with van der Waals surface area (Å²) in [7, 11) is 1.63. The van der Waals surface area contributed by atoms with E-state index in [4.69, 9.17) is 9.47 Å². The molecule has 1 aromatic heterocycles. The second-order valence-corrected chi connectivity index (χ2v) is 7.14. The van der Waals surface area contributed by atoms with Crippen molar-refractivity contribution >= 4 is 11.7 Å². The van der Waals surface area contributed by atoms with Crippen molar-refractivity contribution in [3.8, 4) is 5.88 Å². The van der Waals surface area contributed by atoms with Crippen LogP contribution in [0.2, 0.25) is 0 Å². The molecule has 3 atom stereocenters. The minimum Gasteiger partial charge on any atom is -0.475 e. The summed E-state index contributed by atoms with van der Waals surface area (Å²) in [5.41, 5.74) is 0.669.